The summed E-state index contributed by atoms with van der Waals surface area (Å²) in [5.41, 5.74) is 6.80. The maximum atomic E-state index is 14.3. The quantitative estimate of drug-likeness (QED) is 0.495. The zero-order chi connectivity index (χ0) is 23.3. The van der Waals surface area contributed by atoms with Crippen LogP contribution in [0.4, 0.5) is 24.9 Å². The summed E-state index contributed by atoms with van der Waals surface area (Å²) in [5, 5.41) is 7.62. The molecule has 170 valence electrons. The van der Waals surface area contributed by atoms with Crippen LogP contribution in [0.2, 0.25) is 0 Å². The van der Waals surface area contributed by atoms with Crippen molar-refractivity contribution < 1.29 is 22.6 Å². The number of ether oxygens (including phenoxy) is 2. The summed E-state index contributed by atoms with van der Waals surface area (Å²) in [7, 11) is 0. The fraction of sp³-hybridized carbons (Fsp3) is 0.333. The molecule has 0 radical (unpaired) electrons. The van der Waals surface area contributed by atoms with Gasteiger partial charge in [0.1, 0.15) is 11.6 Å². The smallest absolute Gasteiger partial charge is 0.387 e. The first kappa shape index (κ1) is 23.2. The summed E-state index contributed by atoms with van der Waals surface area (Å²) in [6.07, 6.45) is 3.41. The summed E-state index contributed by atoms with van der Waals surface area (Å²) in [6.45, 7) is 1.97. The number of morpholine rings is 1. The number of aliphatic imine (C=N–C) groups is 1. The predicted octanol–water partition coefficient (Wildman–Crippen LogP) is 3.55. The molecule has 1 aromatic carbocycles. The summed E-state index contributed by atoms with van der Waals surface area (Å²) in [5.74, 6) is -0.782. The summed E-state index contributed by atoms with van der Waals surface area (Å²) >= 11 is 0. The molecule has 2 unspecified atom stereocenters. The topological polar surface area (TPSA) is 110 Å². The maximum absolute atomic E-state index is 14.3. The monoisotopic (exact) mass is 448 g/mol. The Morgan fingerprint density at radius 1 is 1.28 bits per heavy atom. The van der Waals surface area contributed by atoms with Gasteiger partial charge in [0.05, 0.1) is 31.5 Å². The molecule has 8 nitrogen and oxygen atoms in total. The van der Waals surface area contributed by atoms with Crippen molar-refractivity contribution in [1.29, 1.82) is 5.41 Å². The molecule has 1 saturated heterocycles. The van der Waals surface area contributed by atoms with Gasteiger partial charge in [0.25, 0.3) is 0 Å². The number of hydrogen-bond donors (Lipinski definition) is 2. The van der Waals surface area contributed by atoms with Gasteiger partial charge in [-0.1, -0.05) is 12.1 Å². The van der Waals surface area contributed by atoms with Crippen LogP contribution in [0.25, 0.3) is 5.57 Å². The fourth-order valence-electron chi connectivity index (χ4n) is 3.30. The van der Waals surface area contributed by atoms with Crippen LogP contribution >= 0.6 is 0 Å². The number of alkyl halides is 2. The summed E-state index contributed by atoms with van der Waals surface area (Å²) in [4.78, 5) is 14.3. The van der Waals surface area contributed by atoms with Crippen molar-refractivity contribution in [2.45, 2.75) is 32.5 Å². The second-order valence-electron chi connectivity index (χ2n) is 7.17. The molecule has 11 heteroatoms. The Balaban J connectivity index is 1.86. The summed E-state index contributed by atoms with van der Waals surface area (Å²) in [6, 6.07) is 5.67. The van der Waals surface area contributed by atoms with Crippen molar-refractivity contribution in [2.75, 3.05) is 18.1 Å². The Kier molecular flexibility index (Phi) is 7.41. The van der Waals surface area contributed by atoms with Crippen LogP contribution in [-0.2, 0) is 4.74 Å². The van der Waals surface area contributed by atoms with E-state index < -0.39 is 12.4 Å². The first-order valence-corrected chi connectivity index (χ1v) is 9.78. The lowest BCUT2D eigenvalue weighted by molar-refractivity contribution is -0.0498. The van der Waals surface area contributed by atoms with Crippen LogP contribution in [0.5, 0.6) is 5.75 Å². The van der Waals surface area contributed by atoms with E-state index in [4.69, 9.17) is 15.9 Å². The third-order valence-electron chi connectivity index (χ3n) is 4.72. The van der Waals surface area contributed by atoms with E-state index in [1.807, 2.05) is 18.7 Å². The first-order chi connectivity index (χ1) is 15.3. The van der Waals surface area contributed by atoms with Crippen LogP contribution in [0.3, 0.4) is 0 Å². The van der Waals surface area contributed by atoms with Gasteiger partial charge in [0, 0.05) is 11.8 Å². The highest BCUT2D eigenvalue weighted by Gasteiger charge is 2.28. The molecule has 2 aromatic rings. The zero-order valence-corrected chi connectivity index (χ0v) is 17.5. The first-order valence-electron chi connectivity index (χ1n) is 9.78. The number of allylic oxidation sites excluding steroid dienone is 1. The number of amidine groups is 1. The Labute approximate surface area is 183 Å². The van der Waals surface area contributed by atoms with Crippen molar-refractivity contribution >= 4 is 29.4 Å². The Bertz CT molecular complexity index is 1000. The standard InChI is InChI=1S/C21H23F3N6O2/c1-12-10-31-11-13(2)30(12)21-27-9-17(22)19(29-21)28-18(26)7-15(8-25)14-3-5-16(6-4-14)32-20(23)24/h3-9,12-13,20,25H,10-11H2,1-2H3,(H2,26,27,28,29)/b15-7+,25-8?. The molecule has 1 aliphatic rings. The van der Waals surface area contributed by atoms with Gasteiger partial charge in [-0.3, -0.25) is 0 Å². The Morgan fingerprint density at radius 2 is 1.94 bits per heavy atom. The number of nitrogens with two attached hydrogens (primary N) is 1. The molecule has 3 N–H and O–H groups in total. The predicted molar refractivity (Wildman–Crippen MR) is 115 cm³/mol. The van der Waals surface area contributed by atoms with Crippen molar-refractivity contribution in [2.24, 2.45) is 10.7 Å². The lowest BCUT2D eigenvalue weighted by Gasteiger charge is -2.38. The molecule has 1 fully saturated rings. The fourth-order valence-corrected chi connectivity index (χ4v) is 3.30. The van der Waals surface area contributed by atoms with Gasteiger partial charge in [0.2, 0.25) is 5.95 Å². The molecule has 0 bridgehead atoms. The average Bonchev–Trinajstić information content (AvgIpc) is 2.74. The SMILES string of the molecule is CC1COCC(C)N1c1ncc(F)c(N=C(N)/C=C(\C=N)c2ccc(OC(F)F)cc2)n1. The van der Waals surface area contributed by atoms with E-state index in [1.54, 1.807) is 0 Å². The Morgan fingerprint density at radius 3 is 2.53 bits per heavy atom. The largest absolute Gasteiger partial charge is 0.435 e. The van der Waals surface area contributed by atoms with Crippen molar-refractivity contribution in [3.63, 3.8) is 0 Å². The average molecular weight is 448 g/mol. The number of benzene rings is 1. The molecule has 0 spiro atoms. The van der Waals surface area contributed by atoms with Crippen LogP contribution in [-0.4, -0.2) is 53.9 Å². The third-order valence-corrected chi connectivity index (χ3v) is 4.72. The molecule has 1 aliphatic heterocycles. The number of aromatic nitrogens is 2. The van der Waals surface area contributed by atoms with E-state index in [0.29, 0.717) is 30.3 Å². The van der Waals surface area contributed by atoms with Crippen LogP contribution in [0.1, 0.15) is 19.4 Å². The van der Waals surface area contributed by atoms with Gasteiger partial charge in [-0.25, -0.2) is 14.4 Å². The highest BCUT2D eigenvalue weighted by atomic mass is 19.3. The molecule has 0 saturated carbocycles. The molecular weight excluding hydrogens is 425 g/mol. The molecule has 32 heavy (non-hydrogen) atoms. The molecule has 0 aliphatic carbocycles. The molecule has 0 amide bonds. The second-order valence-corrected chi connectivity index (χ2v) is 7.17. The van der Waals surface area contributed by atoms with Crippen molar-refractivity contribution in [1.82, 2.24) is 9.97 Å². The van der Waals surface area contributed by atoms with Crippen molar-refractivity contribution in [3.05, 3.63) is 47.9 Å². The number of anilines is 1. The van der Waals surface area contributed by atoms with E-state index in [0.717, 1.165) is 12.4 Å². The molecular formula is C21H23F3N6O2. The molecule has 2 atom stereocenters. The van der Waals surface area contributed by atoms with E-state index in [1.165, 1.54) is 30.3 Å². The minimum absolute atomic E-state index is 0.000164. The number of nitrogens with zero attached hydrogens (tertiary/aromatic N) is 4. The van der Waals surface area contributed by atoms with E-state index >= 15 is 0 Å². The van der Waals surface area contributed by atoms with Crippen LogP contribution < -0.4 is 15.4 Å². The molecule has 1 aromatic heterocycles. The molecule has 3 rings (SSSR count). The van der Waals surface area contributed by atoms with Gasteiger partial charge in [-0.05, 0) is 37.6 Å². The van der Waals surface area contributed by atoms with Crippen LogP contribution in [0.15, 0.2) is 41.5 Å². The Hall–Kier alpha value is -3.47. The minimum Gasteiger partial charge on any atom is -0.435 e. The van der Waals surface area contributed by atoms with E-state index in [-0.39, 0.29) is 29.5 Å². The van der Waals surface area contributed by atoms with Gasteiger partial charge < -0.3 is 25.5 Å². The highest BCUT2D eigenvalue weighted by Crippen LogP contribution is 2.24. The van der Waals surface area contributed by atoms with Crippen molar-refractivity contribution in [3.8, 4) is 5.75 Å². The third kappa shape index (κ3) is 5.61. The number of halogens is 3. The highest BCUT2D eigenvalue weighted by molar-refractivity contribution is 6.15. The van der Waals surface area contributed by atoms with Gasteiger partial charge in [-0.15, -0.1) is 0 Å². The van der Waals surface area contributed by atoms with Gasteiger partial charge >= 0.3 is 6.61 Å². The number of rotatable bonds is 7. The number of nitrogens with one attached hydrogen (secondary N) is 1. The van der Waals surface area contributed by atoms with E-state index in [2.05, 4.69) is 19.7 Å². The number of hydrogen-bond acceptors (Lipinski definition) is 7. The lowest BCUT2D eigenvalue weighted by Crippen LogP contribution is -2.50. The zero-order valence-electron chi connectivity index (χ0n) is 17.5. The second kappa shape index (κ2) is 10.2. The normalized spacial score (nSPS) is 19.9. The molecule has 2 heterocycles. The van der Waals surface area contributed by atoms with E-state index in [9.17, 15) is 13.2 Å². The van der Waals surface area contributed by atoms with Gasteiger partial charge in [-0.2, -0.15) is 13.8 Å². The lowest BCUT2D eigenvalue weighted by atomic mass is 10.1. The van der Waals surface area contributed by atoms with Crippen LogP contribution in [0, 0.1) is 11.2 Å². The minimum atomic E-state index is -2.93. The van der Waals surface area contributed by atoms with Gasteiger partial charge in [0.15, 0.2) is 11.6 Å². The maximum Gasteiger partial charge on any atom is 0.387 e. The summed E-state index contributed by atoms with van der Waals surface area (Å²) < 4.78 is 48.7.